The monoisotopic (exact) mass is 285 g/mol. The quantitative estimate of drug-likeness (QED) is 0.839. The van der Waals surface area contributed by atoms with Crippen LogP contribution in [0.3, 0.4) is 0 Å². The van der Waals surface area contributed by atoms with E-state index in [1.165, 1.54) is 6.42 Å². The summed E-state index contributed by atoms with van der Waals surface area (Å²) in [4.78, 5) is 12.3. The standard InChI is InChI=1S/C18H23NO2/c1-13-6-7-17(11-13)19-18(21)16-10-14(2)9-15(12-16)5-3-4-8-20/h9-10,12-13,17,20H,4,6-8,11H2,1-2H3,(H,19,21). The van der Waals surface area contributed by atoms with Gasteiger partial charge < -0.3 is 10.4 Å². The third-order valence-electron chi connectivity index (χ3n) is 3.84. The second kappa shape index (κ2) is 7.28. The largest absolute Gasteiger partial charge is 0.395 e. The lowest BCUT2D eigenvalue weighted by molar-refractivity contribution is 0.0937. The van der Waals surface area contributed by atoms with E-state index >= 15 is 0 Å². The summed E-state index contributed by atoms with van der Waals surface area (Å²) in [7, 11) is 0. The molecule has 112 valence electrons. The normalized spacial score (nSPS) is 20.7. The van der Waals surface area contributed by atoms with Crippen LogP contribution in [0.25, 0.3) is 0 Å². The van der Waals surface area contributed by atoms with Crippen molar-refractivity contribution in [2.45, 2.75) is 45.6 Å². The molecule has 2 atom stereocenters. The Labute approximate surface area is 126 Å². The molecule has 21 heavy (non-hydrogen) atoms. The van der Waals surface area contributed by atoms with Gasteiger partial charge in [-0.2, -0.15) is 0 Å². The van der Waals surface area contributed by atoms with Crippen molar-refractivity contribution in [2.75, 3.05) is 6.61 Å². The number of aliphatic hydroxyl groups is 1. The first-order valence-corrected chi connectivity index (χ1v) is 7.60. The van der Waals surface area contributed by atoms with E-state index in [2.05, 4.69) is 24.1 Å². The van der Waals surface area contributed by atoms with Crippen molar-refractivity contribution in [3.8, 4) is 11.8 Å². The lowest BCUT2D eigenvalue weighted by Crippen LogP contribution is -2.32. The minimum atomic E-state index is -0.0111. The van der Waals surface area contributed by atoms with Crippen LogP contribution in [-0.2, 0) is 0 Å². The maximum Gasteiger partial charge on any atom is 0.251 e. The first-order valence-electron chi connectivity index (χ1n) is 7.60. The molecule has 0 spiro atoms. The summed E-state index contributed by atoms with van der Waals surface area (Å²) in [6.45, 7) is 4.26. The van der Waals surface area contributed by atoms with Crippen LogP contribution in [0, 0.1) is 24.7 Å². The van der Waals surface area contributed by atoms with Gasteiger partial charge in [0.1, 0.15) is 0 Å². The average Bonchev–Trinajstić information content (AvgIpc) is 2.84. The number of aryl methyl sites for hydroxylation is 1. The smallest absolute Gasteiger partial charge is 0.251 e. The van der Waals surface area contributed by atoms with Gasteiger partial charge in [-0.25, -0.2) is 0 Å². The Morgan fingerprint density at radius 2 is 2.19 bits per heavy atom. The van der Waals surface area contributed by atoms with Crippen LogP contribution in [0.5, 0.6) is 0 Å². The first kappa shape index (κ1) is 15.6. The number of aliphatic hydroxyl groups excluding tert-OH is 1. The van der Waals surface area contributed by atoms with E-state index in [1.807, 2.05) is 25.1 Å². The minimum Gasteiger partial charge on any atom is -0.395 e. The lowest BCUT2D eigenvalue weighted by atomic mass is 10.1. The summed E-state index contributed by atoms with van der Waals surface area (Å²) in [5.41, 5.74) is 2.52. The lowest BCUT2D eigenvalue weighted by Gasteiger charge is -2.13. The van der Waals surface area contributed by atoms with Gasteiger partial charge in [-0.1, -0.05) is 18.8 Å². The third-order valence-corrected chi connectivity index (χ3v) is 3.84. The number of carbonyl (C=O) groups is 1. The highest BCUT2D eigenvalue weighted by atomic mass is 16.2. The van der Waals surface area contributed by atoms with E-state index in [0.717, 1.165) is 24.0 Å². The average molecular weight is 285 g/mol. The predicted octanol–water partition coefficient (Wildman–Crippen LogP) is 2.65. The summed E-state index contributed by atoms with van der Waals surface area (Å²) in [6, 6.07) is 5.98. The third kappa shape index (κ3) is 4.61. The summed E-state index contributed by atoms with van der Waals surface area (Å²) < 4.78 is 0. The molecule has 0 aliphatic heterocycles. The highest BCUT2D eigenvalue weighted by Crippen LogP contribution is 2.24. The van der Waals surface area contributed by atoms with Gasteiger partial charge in [0, 0.05) is 23.6 Å². The van der Waals surface area contributed by atoms with Gasteiger partial charge in [0.25, 0.3) is 5.91 Å². The van der Waals surface area contributed by atoms with Gasteiger partial charge in [0.2, 0.25) is 0 Å². The van der Waals surface area contributed by atoms with Crippen LogP contribution in [0.1, 0.15) is 54.1 Å². The molecular weight excluding hydrogens is 262 g/mol. The molecule has 1 aliphatic carbocycles. The first-order chi connectivity index (χ1) is 10.1. The van der Waals surface area contributed by atoms with Crippen LogP contribution in [0.2, 0.25) is 0 Å². The molecule has 2 N–H and O–H groups in total. The summed E-state index contributed by atoms with van der Waals surface area (Å²) >= 11 is 0. The Bertz CT molecular complexity index is 568. The molecule has 0 radical (unpaired) electrons. The van der Waals surface area contributed by atoms with Crippen molar-refractivity contribution in [3.63, 3.8) is 0 Å². The summed E-state index contributed by atoms with van der Waals surface area (Å²) in [6.07, 6.45) is 3.79. The summed E-state index contributed by atoms with van der Waals surface area (Å²) in [5, 5.41) is 11.9. The zero-order chi connectivity index (χ0) is 15.2. The predicted molar refractivity (Wildman–Crippen MR) is 84.0 cm³/mol. The SMILES string of the molecule is Cc1cc(C#CCCO)cc(C(=O)NC2CCC(C)C2)c1. The van der Waals surface area contributed by atoms with Gasteiger partial charge >= 0.3 is 0 Å². The molecule has 1 fully saturated rings. The Balaban J connectivity index is 2.08. The molecule has 1 aromatic rings. The fraction of sp³-hybridized carbons (Fsp3) is 0.500. The van der Waals surface area contributed by atoms with E-state index in [9.17, 15) is 4.79 Å². The van der Waals surface area contributed by atoms with E-state index in [4.69, 9.17) is 5.11 Å². The Morgan fingerprint density at radius 1 is 1.38 bits per heavy atom. The molecular formula is C18H23NO2. The summed E-state index contributed by atoms with van der Waals surface area (Å²) in [5.74, 6) is 6.57. The Kier molecular flexibility index (Phi) is 5.41. The molecule has 0 bridgehead atoms. The fourth-order valence-electron chi connectivity index (χ4n) is 2.81. The number of carbonyl (C=O) groups excluding carboxylic acids is 1. The van der Waals surface area contributed by atoms with Crippen molar-refractivity contribution in [1.29, 1.82) is 0 Å². The van der Waals surface area contributed by atoms with Crippen LogP contribution >= 0.6 is 0 Å². The molecule has 1 aromatic carbocycles. The molecule has 1 aliphatic rings. The molecule has 3 nitrogen and oxygen atoms in total. The Morgan fingerprint density at radius 3 is 2.86 bits per heavy atom. The number of benzene rings is 1. The maximum absolute atomic E-state index is 12.3. The number of amides is 1. The Hall–Kier alpha value is -1.79. The minimum absolute atomic E-state index is 0.0111. The molecule has 1 saturated carbocycles. The van der Waals surface area contributed by atoms with Crippen molar-refractivity contribution >= 4 is 5.91 Å². The van der Waals surface area contributed by atoms with E-state index in [-0.39, 0.29) is 12.5 Å². The molecule has 0 saturated heterocycles. The number of rotatable bonds is 3. The molecule has 3 heteroatoms. The zero-order valence-corrected chi connectivity index (χ0v) is 12.8. The van der Waals surface area contributed by atoms with Crippen LogP contribution in [0.4, 0.5) is 0 Å². The molecule has 0 aromatic heterocycles. The topological polar surface area (TPSA) is 49.3 Å². The van der Waals surface area contributed by atoms with Crippen molar-refractivity contribution in [1.82, 2.24) is 5.32 Å². The highest BCUT2D eigenvalue weighted by Gasteiger charge is 2.23. The zero-order valence-electron chi connectivity index (χ0n) is 12.8. The van der Waals surface area contributed by atoms with E-state index < -0.39 is 0 Å². The number of hydrogen-bond acceptors (Lipinski definition) is 2. The van der Waals surface area contributed by atoms with Crippen molar-refractivity contribution in [3.05, 3.63) is 34.9 Å². The second-order valence-electron chi connectivity index (χ2n) is 5.95. The van der Waals surface area contributed by atoms with Crippen molar-refractivity contribution < 1.29 is 9.90 Å². The van der Waals surface area contributed by atoms with Crippen LogP contribution in [0.15, 0.2) is 18.2 Å². The molecule has 2 rings (SSSR count). The molecule has 2 unspecified atom stereocenters. The highest BCUT2D eigenvalue weighted by molar-refractivity contribution is 5.95. The number of nitrogens with one attached hydrogen (secondary N) is 1. The van der Waals surface area contributed by atoms with E-state index in [1.54, 1.807) is 0 Å². The van der Waals surface area contributed by atoms with Crippen molar-refractivity contribution in [2.24, 2.45) is 5.92 Å². The van der Waals surface area contributed by atoms with Gasteiger partial charge in [-0.15, -0.1) is 0 Å². The second-order valence-corrected chi connectivity index (χ2v) is 5.95. The molecule has 0 heterocycles. The van der Waals surface area contributed by atoms with Crippen LogP contribution in [-0.4, -0.2) is 23.7 Å². The van der Waals surface area contributed by atoms with Gasteiger partial charge in [0.05, 0.1) is 6.61 Å². The molecule has 1 amide bonds. The fourth-order valence-corrected chi connectivity index (χ4v) is 2.81. The van der Waals surface area contributed by atoms with Gasteiger partial charge in [0.15, 0.2) is 0 Å². The number of hydrogen-bond donors (Lipinski definition) is 2. The van der Waals surface area contributed by atoms with Crippen LogP contribution < -0.4 is 5.32 Å². The maximum atomic E-state index is 12.3. The van der Waals surface area contributed by atoms with E-state index in [0.29, 0.717) is 23.9 Å². The van der Waals surface area contributed by atoms with Gasteiger partial charge in [-0.05, 0) is 55.9 Å². The van der Waals surface area contributed by atoms with Gasteiger partial charge in [-0.3, -0.25) is 4.79 Å².